The molecule has 30 heavy (non-hydrogen) atoms. The quantitative estimate of drug-likeness (QED) is 0.412. The molecule has 2 aromatic carbocycles. The van der Waals surface area contributed by atoms with Gasteiger partial charge in [-0.3, -0.25) is 9.89 Å². The van der Waals surface area contributed by atoms with Crippen LogP contribution in [-0.4, -0.2) is 30.5 Å². The zero-order valence-corrected chi connectivity index (χ0v) is 16.5. The number of imidazole rings is 1. The topological polar surface area (TPSA) is 76.5 Å². The lowest BCUT2D eigenvalue weighted by Gasteiger charge is -2.06. The Bertz CT molecular complexity index is 1290. The maximum Gasteiger partial charge on any atom is 0.200 e. The first-order valence-electron chi connectivity index (χ1n) is 9.38. The van der Waals surface area contributed by atoms with E-state index >= 15 is 0 Å². The second kappa shape index (κ2) is 7.57. The van der Waals surface area contributed by atoms with Gasteiger partial charge in [0, 0.05) is 29.2 Å². The summed E-state index contributed by atoms with van der Waals surface area (Å²) in [6.07, 6.45) is 5.23. The van der Waals surface area contributed by atoms with Crippen molar-refractivity contribution in [2.45, 2.75) is 6.54 Å². The van der Waals surface area contributed by atoms with Gasteiger partial charge in [-0.1, -0.05) is 48.0 Å². The molecular weight excluding hydrogens is 398 g/mol. The summed E-state index contributed by atoms with van der Waals surface area (Å²) >= 11 is 6.09. The number of carbonyl (C=O) groups is 1. The number of nitrogens with one attached hydrogen (secondary N) is 1. The Morgan fingerprint density at radius 1 is 0.933 bits per heavy atom. The largest absolute Gasteiger partial charge is 0.344 e. The van der Waals surface area contributed by atoms with Crippen molar-refractivity contribution in [3.63, 3.8) is 0 Å². The molecule has 0 amide bonds. The first-order valence-corrected chi connectivity index (χ1v) is 9.76. The summed E-state index contributed by atoms with van der Waals surface area (Å²) in [5.74, 6) is 0.605. The predicted octanol–water partition coefficient (Wildman–Crippen LogP) is 4.98. The van der Waals surface area contributed by atoms with Crippen LogP contribution in [0.1, 0.15) is 10.5 Å². The Labute approximate surface area is 177 Å². The molecule has 3 heterocycles. The number of H-pyrrole nitrogens is 1. The molecule has 0 atom stereocenters. The number of aromatic amines is 1. The Morgan fingerprint density at radius 2 is 1.73 bits per heavy atom. The highest BCUT2D eigenvalue weighted by atomic mass is 35.5. The lowest BCUT2D eigenvalue weighted by atomic mass is 10.0. The molecule has 6 nitrogen and oxygen atoms in total. The van der Waals surface area contributed by atoms with Crippen LogP contribution in [0.5, 0.6) is 0 Å². The van der Waals surface area contributed by atoms with Crippen LogP contribution < -0.4 is 0 Å². The Kier molecular flexibility index (Phi) is 4.61. The monoisotopic (exact) mass is 413 g/mol. The Hall–Kier alpha value is -3.77. The molecule has 3 aromatic rings. The van der Waals surface area contributed by atoms with E-state index in [0.29, 0.717) is 16.5 Å². The van der Waals surface area contributed by atoms with E-state index in [1.54, 1.807) is 16.8 Å². The molecule has 7 heteroatoms. The van der Waals surface area contributed by atoms with E-state index in [-0.39, 0.29) is 12.3 Å². The molecule has 5 rings (SSSR count). The van der Waals surface area contributed by atoms with Gasteiger partial charge in [0.25, 0.3) is 0 Å². The third kappa shape index (κ3) is 3.60. The Balaban J connectivity index is 1.40. The number of hydrogen-bond donors (Lipinski definition) is 1. The zero-order valence-electron chi connectivity index (χ0n) is 15.8. The van der Waals surface area contributed by atoms with Crippen LogP contribution in [0.15, 0.2) is 79.3 Å². The number of aromatic nitrogens is 5. The van der Waals surface area contributed by atoms with E-state index in [0.717, 1.165) is 28.1 Å². The van der Waals surface area contributed by atoms with Crippen LogP contribution in [0.2, 0.25) is 5.02 Å². The fraction of sp³-hybridized carbons (Fsp3) is 0.0435. The minimum absolute atomic E-state index is 0.0480. The molecule has 0 aliphatic carbocycles. The molecular formula is C23H16ClN5O. The first kappa shape index (κ1) is 18.3. The highest BCUT2D eigenvalue weighted by Crippen LogP contribution is 2.28. The third-order valence-corrected chi connectivity index (χ3v) is 5.09. The smallest absolute Gasteiger partial charge is 0.200 e. The summed E-state index contributed by atoms with van der Waals surface area (Å²) in [6, 6.07) is 19.4. The predicted molar refractivity (Wildman–Crippen MR) is 115 cm³/mol. The molecule has 0 saturated carbocycles. The van der Waals surface area contributed by atoms with Gasteiger partial charge < -0.3 is 4.57 Å². The second-order valence-electron chi connectivity index (χ2n) is 6.92. The molecule has 0 saturated heterocycles. The molecule has 146 valence electrons. The van der Waals surface area contributed by atoms with Crippen molar-refractivity contribution in [3.8, 4) is 33.9 Å². The summed E-state index contributed by atoms with van der Waals surface area (Å²) in [6.45, 7) is 0.203. The standard InChI is InChI=1S/C23H16ClN5O/c24-18-3-1-2-17(12-18)15-4-6-16(7-5-15)23-26-19-9-11-29(13-21(19)27-23)14-22(30)20-8-10-25-28-20/h1-13H,14H2,(H,25,28). The van der Waals surface area contributed by atoms with Crippen LogP contribution in [0.25, 0.3) is 33.9 Å². The fourth-order valence-electron chi connectivity index (χ4n) is 3.32. The van der Waals surface area contributed by atoms with Crippen LogP contribution in [0.4, 0.5) is 0 Å². The van der Waals surface area contributed by atoms with Gasteiger partial charge in [-0.15, -0.1) is 0 Å². The molecule has 2 aliphatic rings. The van der Waals surface area contributed by atoms with Gasteiger partial charge in [0.2, 0.25) is 0 Å². The molecule has 0 bridgehead atoms. The minimum Gasteiger partial charge on any atom is -0.344 e. The summed E-state index contributed by atoms with van der Waals surface area (Å²) in [7, 11) is 0. The highest BCUT2D eigenvalue weighted by molar-refractivity contribution is 6.30. The molecule has 1 aromatic heterocycles. The summed E-state index contributed by atoms with van der Waals surface area (Å²) in [4.78, 5) is 21.5. The summed E-state index contributed by atoms with van der Waals surface area (Å²) in [5.41, 5.74) is 5.07. The molecule has 0 radical (unpaired) electrons. The molecule has 0 spiro atoms. The van der Waals surface area contributed by atoms with Crippen molar-refractivity contribution in [1.82, 2.24) is 24.7 Å². The van der Waals surface area contributed by atoms with Gasteiger partial charge in [0.1, 0.15) is 11.4 Å². The lowest BCUT2D eigenvalue weighted by Crippen LogP contribution is -2.11. The van der Waals surface area contributed by atoms with Crippen molar-refractivity contribution in [1.29, 1.82) is 0 Å². The maximum absolute atomic E-state index is 12.3. The molecule has 0 fully saturated rings. The summed E-state index contributed by atoms with van der Waals surface area (Å²) < 4.78 is 1.80. The Morgan fingerprint density at radius 3 is 2.50 bits per heavy atom. The van der Waals surface area contributed by atoms with E-state index < -0.39 is 0 Å². The van der Waals surface area contributed by atoms with E-state index in [2.05, 4.69) is 20.2 Å². The van der Waals surface area contributed by atoms with Crippen molar-refractivity contribution < 1.29 is 4.79 Å². The van der Waals surface area contributed by atoms with Gasteiger partial charge in [-0.2, -0.15) is 5.10 Å². The number of carbonyl (C=O) groups excluding carboxylic acids is 1. The average Bonchev–Trinajstić information content (AvgIpc) is 3.44. The lowest BCUT2D eigenvalue weighted by molar-refractivity contribution is 0.0967. The number of fused-ring (bicyclic) bond motifs is 1. The molecule has 0 unspecified atom stereocenters. The summed E-state index contributed by atoms with van der Waals surface area (Å²) in [5, 5.41) is 7.22. The molecule has 2 aliphatic heterocycles. The zero-order chi connectivity index (χ0) is 20.5. The number of pyridine rings is 1. The first-order chi connectivity index (χ1) is 14.7. The highest BCUT2D eigenvalue weighted by Gasteiger charge is 2.14. The van der Waals surface area contributed by atoms with E-state index in [4.69, 9.17) is 11.6 Å². The third-order valence-electron chi connectivity index (χ3n) is 4.86. The number of halogens is 1. The normalized spacial score (nSPS) is 11.1. The van der Waals surface area contributed by atoms with Crippen LogP contribution >= 0.6 is 11.6 Å². The van der Waals surface area contributed by atoms with E-state index in [1.165, 1.54) is 0 Å². The number of nitrogens with zero attached hydrogens (tertiary/aromatic N) is 4. The van der Waals surface area contributed by atoms with E-state index in [9.17, 15) is 4.79 Å². The van der Waals surface area contributed by atoms with Crippen LogP contribution in [0, 0.1) is 0 Å². The van der Waals surface area contributed by atoms with Crippen molar-refractivity contribution in [3.05, 3.63) is 90.0 Å². The van der Waals surface area contributed by atoms with E-state index in [1.807, 2.05) is 67.0 Å². The average molecular weight is 414 g/mol. The SMILES string of the molecule is O=C(Cn1ccc2nc(-c3ccc(-c4cccc(Cl)c4)cc3)nc-2c1)c1ccn[nH]1. The van der Waals surface area contributed by atoms with Gasteiger partial charge >= 0.3 is 0 Å². The number of hydrogen-bond acceptors (Lipinski definition) is 4. The van der Waals surface area contributed by atoms with Crippen molar-refractivity contribution in [2.75, 3.05) is 0 Å². The molecule has 1 N–H and O–H groups in total. The van der Waals surface area contributed by atoms with Crippen LogP contribution in [-0.2, 0) is 6.54 Å². The fourth-order valence-corrected chi connectivity index (χ4v) is 3.51. The number of benzene rings is 2. The van der Waals surface area contributed by atoms with Crippen LogP contribution in [0.3, 0.4) is 0 Å². The van der Waals surface area contributed by atoms with Gasteiger partial charge in [0.05, 0.1) is 12.2 Å². The number of ketones is 1. The van der Waals surface area contributed by atoms with Gasteiger partial charge in [0.15, 0.2) is 11.6 Å². The van der Waals surface area contributed by atoms with Gasteiger partial charge in [-0.25, -0.2) is 9.97 Å². The van der Waals surface area contributed by atoms with Gasteiger partial charge in [-0.05, 0) is 35.4 Å². The van der Waals surface area contributed by atoms with Crippen molar-refractivity contribution >= 4 is 17.4 Å². The number of rotatable bonds is 5. The number of Topliss-reactive ketones (excluding diaryl/α,β-unsaturated/α-hetero) is 1. The second-order valence-corrected chi connectivity index (χ2v) is 7.35. The maximum atomic E-state index is 12.3. The minimum atomic E-state index is -0.0480. The van der Waals surface area contributed by atoms with Crippen molar-refractivity contribution in [2.24, 2.45) is 0 Å².